The fourth-order valence-electron chi connectivity index (χ4n) is 1.65. The van der Waals surface area contributed by atoms with E-state index in [0.29, 0.717) is 6.42 Å². The SMILES string of the molecule is CC1(C(N)=O)CCN(CC(F)(F)F)C1. The van der Waals surface area contributed by atoms with E-state index < -0.39 is 24.0 Å². The zero-order valence-corrected chi connectivity index (χ0v) is 7.90. The molecule has 0 aromatic heterocycles. The molecule has 1 rings (SSSR count). The summed E-state index contributed by atoms with van der Waals surface area (Å²) < 4.78 is 36.0. The van der Waals surface area contributed by atoms with Crippen LogP contribution in [0.4, 0.5) is 13.2 Å². The first kappa shape index (κ1) is 11.3. The summed E-state index contributed by atoms with van der Waals surface area (Å²) in [6, 6.07) is 0. The predicted octanol–water partition coefficient (Wildman–Crippen LogP) is 0.746. The summed E-state index contributed by atoms with van der Waals surface area (Å²) in [5.74, 6) is -0.526. The molecule has 2 N–H and O–H groups in total. The molecule has 1 heterocycles. The average molecular weight is 210 g/mol. The lowest BCUT2D eigenvalue weighted by Crippen LogP contribution is -2.39. The summed E-state index contributed by atoms with van der Waals surface area (Å²) in [6.07, 6.45) is -3.80. The molecule has 14 heavy (non-hydrogen) atoms. The van der Waals surface area contributed by atoms with Gasteiger partial charge in [0.25, 0.3) is 0 Å². The molecule has 1 unspecified atom stereocenters. The molecule has 1 aliphatic rings. The Kier molecular flexibility index (Phi) is 2.76. The molecule has 0 bridgehead atoms. The second-order valence-electron chi connectivity index (χ2n) is 4.00. The highest BCUT2D eigenvalue weighted by atomic mass is 19.4. The number of carbonyl (C=O) groups excluding carboxylic acids is 1. The minimum atomic E-state index is -4.21. The van der Waals surface area contributed by atoms with E-state index in [9.17, 15) is 18.0 Å². The largest absolute Gasteiger partial charge is 0.401 e. The van der Waals surface area contributed by atoms with Crippen molar-refractivity contribution in [1.29, 1.82) is 0 Å². The van der Waals surface area contributed by atoms with Crippen LogP contribution in [-0.4, -0.2) is 36.6 Å². The number of nitrogens with two attached hydrogens (primary N) is 1. The van der Waals surface area contributed by atoms with Crippen molar-refractivity contribution in [3.05, 3.63) is 0 Å². The van der Waals surface area contributed by atoms with Gasteiger partial charge in [-0.15, -0.1) is 0 Å². The Morgan fingerprint density at radius 2 is 2.14 bits per heavy atom. The van der Waals surface area contributed by atoms with E-state index >= 15 is 0 Å². The van der Waals surface area contributed by atoms with Gasteiger partial charge in [0.2, 0.25) is 5.91 Å². The number of halogens is 3. The second kappa shape index (κ2) is 3.42. The van der Waals surface area contributed by atoms with Gasteiger partial charge in [-0.05, 0) is 19.9 Å². The zero-order chi connectivity index (χ0) is 11.0. The summed E-state index contributed by atoms with van der Waals surface area (Å²) in [7, 11) is 0. The van der Waals surface area contributed by atoms with Gasteiger partial charge in [-0.1, -0.05) is 0 Å². The van der Waals surface area contributed by atoms with Crippen LogP contribution in [0.5, 0.6) is 0 Å². The van der Waals surface area contributed by atoms with Crippen molar-refractivity contribution in [1.82, 2.24) is 4.90 Å². The van der Waals surface area contributed by atoms with Gasteiger partial charge in [-0.2, -0.15) is 13.2 Å². The van der Waals surface area contributed by atoms with Crippen LogP contribution in [0.15, 0.2) is 0 Å². The molecule has 1 fully saturated rings. The second-order valence-corrected chi connectivity index (χ2v) is 4.00. The molecule has 1 amide bonds. The first-order chi connectivity index (χ1) is 6.23. The standard InChI is InChI=1S/C8H13F3N2O/c1-7(6(12)14)2-3-13(4-7)5-8(9,10)11/h2-5H2,1H3,(H2,12,14). The zero-order valence-electron chi connectivity index (χ0n) is 7.90. The lowest BCUT2D eigenvalue weighted by molar-refractivity contribution is -0.145. The number of carbonyl (C=O) groups is 1. The average Bonchev–Trinajstić information content (AvgIpc) is 2.29. The van der Waals surface area contributed by atoms with Crippen molar-refractivity contribution >= 4 is 5.91 Å². The first-order valence-corrected chi connectivity index (χ1v) is 4.32. The fourth-order valence-corrected chi connectivity index (χ4v) is 1.65. The Morgan fingerprint density at radius 1 is 1.57 bits per heavy atom. The molecule has 1 atom stereocenters. The maximum Gasteiger partial charge on any atom is 0.401 e. The van der Waals surface area contributed by atoms with Crippen molar-refractivity contribution in [2.75, 3.05) is 19.6 Å². The van der Waals surface area contributed by atoms with Crippen LogP contribution in [-0.2, 0) is 4.79 Å². The van der Waals surface area contributed by atoms with Crippen molar-refractivity contribution in [3.8, 4) is 0 Å². The molecule has 1 aliphatic heterocycles. The van der Waals surface area contributed by atoms with E-state index in [2.05, 4.69) is 0 Å². The number of alkyl halides is 3. The van der Waals surface area contributed by atoms with Crippen molar-refractivity contribution in [2.45, 2.75) is 19.5 Å². The molecule has 0 aromatic carbocycles. The topological polar surface area (TPSA) is 46.3 Å². The van der Waals surface area contributed by atoms with Gasteiger partial charge < -0.3 is 5.73 Å². The summed E-state index contributed by atoms with van der Waals surface area (Å²) in [5.41, 5.74) is 4.31. The lowest BCUT2D eigenvalue weighted by atomic mass is 9.89. The normalized spacial score (nSPS) is 29.4. The maximum absolute atomic E-state index is 12.0. The highest BCUT2D eigenvalue weighted by Crippen LogP contribution is 2.31. The van der Waals surface area contributed by atoms with E-state index in [1.165, 1.54) is 4.90 Å². The van der Waals surface area contributed by atoms with E-state index in [4.69, 9.17) is 5.73 Å². The smallest absolute Gasteiger partial charge is 0.369 e. The van der Waals surface area contributed by atoms with Gasteiger partial charge in [0, 0.05) is 6.54 Å². The van der Waals surface area contributed by atoms with E-state index in [1.807, 2.05) is 0 Å². The Hall–Kier alpha value is -0.780. The summed E-state index contributed by atoms with van der Waals surface area (Å²) >= 11 is 0. The monoisotopic (exact) mass is 210 g/mol. The molecule has 0 aromatic rings. The Balaban J connectivity index is 2.53. The van der Waals surface area contributed by atoms with Crippen LogP contribution in [0, 0.1) is 5.41 Å². The predicted molar refractivity (Wildman–Crippen MR) is 44.4 cm³/mol. The van der Waals surface area contributed by atoms with Gasteiger partial charge in [0.05, 0.1) is 12.0 Å². The molecule has 0 saturated carbocycles. The number of amides is 1. The number of nitrogens with zero attached hydrogens (tertiary/aromatic N) is 1. The van der Waals surface area contributed by atoms with E-state index in [0.717, 1.165) is 0 Å². The number of hydrogen-bond acceptors (Lipinski definition) is 2. The number of primary amides is 1. The maximum atomic E-state index is 12.0. The van der Waals surface area contributed by atoms with Crippen molar-refractivity contribution in [3.63, 3.8) is 0 Å². The molecular weight excluding hydrogens is 197 g/mol. The molecule has 0 aliphatic carbocycles. The van der Waals surface area contributed by atoms with Crippen molar-refractivity contribution in [2.24, 2.45) is 11.1 Å². The van der Waals surface area contributed by atoms with Crippen LogP contribution >= 0.6 is 0 Å². The molecule has 3 nitrogen and oxygen atoms in total. The molecule has 0 spiro atoms. The summed E-state index contributed by atoms with van der Waals surface area (Å²) in [4.78, 5) is 12.2. The van der Waals surface area contributed by atoms with Gasteiger partial charge in [-0.25, -0.2) is 0 Å². The molecule has 0 radical (unpaired) electrons. The van der Waals surface area contributed by atoms with Crippen molar-refractivity contribution < 1.29 is 18.0 Å². The molecular formula is C8H13F3N2O. The third kappa shape index (κ3) is 2.60. The first-order valence-electron chi connectivity index (χ1n) is 4.32. The summed E-state index contributed by atoms with van der Waals surface area (Å²) in [5, 5.41) is 0. The Labute approximate surface area is 80.0 Å². The van der Waals surface area contributed by atoms with Gasteiger partial charge in [-0.3, -0.25) is 9.69 Å². The van der Waals surface area contributed by atoms with Gasteiger partial charge in [0.15, 0.2) is 0 Å². The third-order valence-electron chi connectivity index (χ3n) is 2.55. The van der Waals surface area contributed by atoms with Crippen LogP contribution in [0.3, 0.4) is 0 Å². The van der Waals surface area contributed by atoms with E-state index in [-0.39, 0.29) is 13.1 Å². The highest BCUT2D eigenvalue weighted by Gasteiger charge is 2.42. The molecule has 1 saturated heterocycles. The Morgan fingerprint density at radius 3 is 2.50 bits per heavy atom. The number of hydrogen-bond donors (Lipinski definition) is 1. The summed E-state index contributed by atoms with van der Waals surface area (Å²) in [6.45, 7) is 1.02. The van der Waals surface area contributed by atoms with Crippen LogP contribution in [0.1, 0.15) is 13.3 Å². The quantitative estimate of drug-likeness (QED) is 0.730. The van der Waals surface area contributed by atoms with Crippen LogP contribution in [0.25, 0.3) is 0 Å². The molecule has 6 heteroatoms. The Bertz CT molecular complexity index is 241. The minimum absolute atomic E-state index is 0.0991. The van der Waals surface area contributed by atoms with E-state index in [1.54, 1.807) is 6.92 Å². The van der Waals surface area contributed by atoms with Crippen LogP contribution < -0.4 is 5.73 Å². The van der Waals surface area contributed by atoms with Crippen LogP contribution in [0.2, 0.25) is 0 Å². The number of likely N-dealkylation sites (tertiary alicyclic amines) is 1. The fraction of sp³-hybridized carbons (Fsp3) is 0.875. The third-order valence-corrected chi connectivity index (χ3v) is 2.55. The number of rotatable bonds is 2. The van der Waals surface area contributed by atoms with Gasteiger partial charge in [0.1, 0.15) is 0 Å². The van der Waals surface area contributed by atoms with Gasteiger partial charge >= 0.3 is 6.18 Å². The highest BCUT2D eigenvalue weighted by molar-refractivity contribution is 5.81. The lowest BCUT2D eigenvalue weighted by Gasteiger charge is -2.21. The molecule has 82 valence electrons. The minimum Gasteiger partial charge on any atom is -0.369 e.